The first-order chi connectivity index (χ1) is 9.65. The van der Waals surface area contributed by atoms with Crippen LogP contribution < -0.4 is 10.5 Å². The molecule has 21 heavy (non-hydrogen) atoms. The molecule has 1 aromatic carbocycles. The van der Waals surface area contributed by atoms with Gasteiger partial charge in [-0.05, 0) is 12.5 Å². The Morgan fingerprint density at radius 2 is 1.86 bits per heavy atom. The number of carboxylic acid groups (broad SMARTS) is 1. The first kappa shape index (κ1) is 17.1. The van der Waals surface area contributed by atoms with Crippen molar-refractivity contribution in [2.24, 2.45) is 5.14 Å². The summed E-state index contributed by atoms with van der Waals surface area (Å²) in [5, 5.41) is 16.6. The third-order valence-electron chi connectivity index (χ3n) is 3.11. The van der Waals surface area contributed by atoms with Crippen LogP contribution >= 0.6 is 0 Å². The van der Waals surface area contributed by atoms with Gasteiger partial charge in [0.2, 0.25) is 15.9 Å². The molecule has 1 atom stereocenters. The van der Waals surface area contributed by atoms with Crippen molar-refractivity contribution in [3.05, 3.63) is 35.9 Å². The van der Waals surface area contributed by atoms with Crippen LogP contribution in [0.1, 0.15) is 18.9 Å². The highest BCUT2D eigenvalue weighted by molar-refractivity contribution is 7.89. The van der Waals surface area contributed by atoms with Crippen molar-refractivity contribution in [1.82, 2.24) is 5.32 Å². The quantitative estimate of drug-likeness (QED) is 0.643. The van der Waals surface area contributed by atoms with Crippen molar-refractivity contribution in [3.8, 4) is 0 Å². The van der Waals surface area contributed by atoms with Gasteiger partial charge < -0.3 is 10.4 Å². The average Bonchev–Trinajstić information content (AvgIpc) is 2.37. The van der Waals surface area contributed by atoms with Gasteiger partial charge in [0.05, 0.1) is 11.2 Å². The third-order valence-corrected chi connectivity index (χ3v) is 3.88. The Balaban J connectivity index is 2.76. The Labute approximate surface area is 123 Å². The SMILES string of the molecule is CC(CC(=O)NCCS(N)(=O)=O)(C(=O)O)c1ccccc1. The lowest BCUT2D eigenvalue weighted by Gasteiger charge is -2.24. The van der Waals surface area contributed by atoms with Crippen LogP contribution in [-0.2, 0) is 25.0 Å². The maximum Gasteiger partial charge on any atom is 0.314 e. The molecule has 0 heterocycles. The molecule has 0 fully saturated rings. The molecule has 0 aliphatic heterocycles. The summed E-state index contributed by atoms with van der Waals surface area (Å²) in [6.07, 6.45) is -0.295. The van der Waals surface area contributed by atoms with Crippen LogP contribution in [0.3, 0.4) is 0 Å². The van der Waals surface area contributed by atoms with E-state index in [2.05, 4.69) is 5.32 Å². The van der Waals surface area contributed by atoms with E-state index in [9.17, 15) is 23.1 Å². The number of benzene rings is 1. The first-order valence-electron chi connectivity index (χ1n) is 6.21. The van der Waals surface area contributed by atoms with Crippen LogP contribution in [0.5, 0.6) is 0 Å². The van der Waals surface area contributed by atoms with E-state index < -0.39 is 33.1 Å². The van der Waals surface area contributed by atoms with Crippen molar-refractivity contribution in [1.29, 1.82) is 0 Å². The fourth-order valence-corrected chi connectivity index (χ4v) is 2.21. The summed E-state index contributed by atoms with van der Waals surface area (Å²) in [6.45, 7) is 1.30. The van der Waals surface area contributed by atoms with E-state index in [0.29, 0.717) is 5.56 Å². The van der Waals surface area contributed by atoms with Crippen molar-refractivity contribution < 1.29 is 23.1 Å². The standard InChI is InChI=1S/C13H18N2O5S/c1-13(12(17)18,10-5-3-2-4-6-10)9-11(16)15-7-8-21(14,19)20/h2-6H,7-9H2,1H3,(H,15,16)(H,17,18)(H2,14,19,20). The summed E-state index contributed by atoms with van der Waals surface area (Å²) in [6, 6.07) is 8.39. The minimum absolute atomic E-state index is 0.151. The second kappa shape index (κ2) is 6.68. The Hall–Kier alpha value is -1.93. The molecular formula is C13H18N2O5S. The second-order valence-electron chi connectivity index (χ2n) is 4.90. The summed E-state index contributed by atoms with van der Waals surface area (Å²) in [5.74, 6) is -2.07. The molecule has 0 aliphatic carbocycles. The van der Waals surface area contributed by atoms with E-state index in [1.165, 1.54) is 6.92 Å². The number of carbonyl (C=O) groups is 2. The zero-order valence-electron chi connectivity index (χ0n) is 11.6. The Bertz CT molecular complexity index is 615. The van der Waals surface area contributed by atoms with Crippen LogP contribution in [0, 0.1) is 0 Å². The molecule has 1 aromatic rings. The Morgan fingerprint density at radius 1 is 1.29 bits per heavy atom. The average molecular weight is 314 g/mol. The van der Waals surface area contributed by atoms with E-state index >= 15 is 0 Å². The molecule has 4 N–H and O–H groups in total. The summed E-state index contributed by atoms with van der Waals surface area (Å²) >= 11 is 0. The second-order valence-corrected chi connectivity index (χ2v) is 6.63. The highest BCUT2D eigenvalue weighted by Crippen LogP contribution is 2.27. The number of aliphatic carboxylic acids is 1. The summed E-state index contributed by atoms with van der Waals surface area (Å²) < 4.78 is 21.5. The van der Waals surface area contributed by atoms with Gasteiger partial charge in [-0.25, -0.2) is 13.6 Å². The number of nitrogens with two attached hydrogens (primary N) is 1. The summed E-state index contributed by atoms with van der Waals surface area (Å²) in [5.41, 5.74) is -0.883. The van der Waals surface area contributed by atoms with Crippen LogP contribution in [0.2, 0.25) is 0 Å². The maximum atomic E-state index is 11.8. The topological polar surface area (TPSA) is 127 Å². The molecule has 0 spiro atoms. The van der Waals surface area contributed by atoms with Gasteiger partial charge in [0.15, 0.2) is 0 Å². The number of nitrogens with one attached hydrogen (secondary N) is 1. The largest absolute Gasteiger partial charge is 0.481 e. The monoisotopic (exact) mass is 314 g/mol. The predicted octanol–water partition coefficient (Wildman–Crippen LogP) is -0.176. The van der Waals surface area contributed by atoms with Crippen LogP contribution in [0.4, 0.5) is 0 Å². The van der Waals surface area contributed by atoms with Gasteiger partial charge in [-0.1, -0.05) is 30.3 Å². The predicted molar refractivity (Wildman–Crippen MR) is 77.0 cm³/mol. The van der Waals surface area contributed by atoms with Crippen LogP contribution in [0.15, 0.2) is 30.3 Å². The molecule has 1 amide bonds. The molecule has 116 valence electrons. The number of primary sulfonamides is 1. The number of hydrogen-bond acceptors (Lipinski definition) is 4. The molecule has 1 unspecified atom stereocenters. The molecule has 0 aliphatic rings. The van der Waals surface area contributed by atoms with E-state index in [1.807, 2.05) is 0 Å². The zero-order valence-corrected chi connectivity index (χ0v) is 12.4. The molecule has 1 rings (SSSR count). The van der Waals surface area contributed by atoms with Crippen molar-refractivity contribution in [2.45, 2.75) is 18.8 Å². The summed E-state index contributed by atoms with van der Waals surface area (Å²) in [4.78, 5) is 23.3. The molecule has 0 radical (unpaired) electrons. The molecule has 7 nitrogen and oxygen atoms in total. The lowest BCUT2D eigenvalue weighted by Crippen LogP contribution is -2.40. The molecule has 8 heteroatoms. The molecular weight excluding hydrogens is 296 g/mol. The number of hydrogen-bond donors (Lipinski definition) is 3. The fraction of sp³-hybridized carbons (Fsp3) is 0.385. The normalized spacial score (nSPS) is 14.2. The summed E-state index contributed by atoms with van der Waals surface area (Å²) in [7, 11) is -3.66. The zero-order chi connectivity index (χ0) is 16.1. The van der Waals surface area contributed by atoms with E-state index in [0.717, 1.165) is 0 Å². The lowest BCUT2D eigenvalue weighted by atomic mass is 9.79. The minimum atomic E-state index is -3.66. The van der Waals surface area contributed by atoms with Crippen LogP contribution in [0.25, 0.3) is 0 Å². The van der Waals surface area contributed by atoms with Gasteiger partial charge >= 0.3 is 5.97 Å². The van der Waals surface area contributed by atoms with E-state index in [-0.39, 0.29) is 13.0 Å². The third kappa shape index (κ3) is 5.16. The van der Waals surface area contributed by atoms with Crippen molar-refractivity contribution >= 4 is 21.9 Å². The number of sulfonamides is 1. The van der Waals surface area contributed by atoms with E-state index in [1.54, 1.807) is 30.3 Å². The molecule has 0 aromatic heterocycles. The van der Waals surface area contributed by atoms with Crippen molar-refractivity contribution in [3.63, 3.8) is 0 Å². The highest BCUT2D eigenvalue weighted by Gasteiger charge is 2.37. The number of carboxylic acids is 1. The number of rotatable bonds is 7. The Kier molecular flexibility index (Phi) is 5.45. The number of amides is 1. The van der Waals surface area contributed by atoms with Gasteiger partial charge in [0.25, 0.3) is 0 Å². The van der Waals surface area contributed by atoms with Crippen molar-refractivity contribution in [2.75, 3.05) is 12.3 Å². The highest BCUT2D eigenvalue weighted by atomic mass is 32.2. The van der Waals surface area contributed by atoms with E-state index in [4.69, 9.17) is 5.14 Å². The molecule has 0 saturated carbocycles. The fourth-order valence-electron chi connectivity index (χ4n) is 1.82. The lowest BCUT2D eigenvalue weighted by molar-refractivity contribution is -0.145. The molecule has 0 bridgehead atoms. The molecule has 0 saturated heterocycles. The van der Waals surface area contributed by atoms with Crippen LogP contribution in [-0.4, -0.2) is 37.7 Å². The maximum absolute atomic E-state index is 11.8. The Morgan fingerprint density at radius 3 is 2.33 bits per heavy atom. The first-order valence-corrected chi connectivity index (χ1v) is 7.93. The van der Waals surface area contributed by atoms with Gasteiger partial charge in [0, 0.05) is 13.0 Å². The van der Waals surface area contributed by atoms with Gasteiger partial charge in [-0.3, -0.25) is 9.59 Å². The van der Waals surface area contributed by atoms with Gasteiger partial charge in [0.1, 0.15) is 0 Å². The van der Waals surface area contributed by atoms with Gasteiger partial charge in [-0.2, -0.15) is 0 Å². The minimum Gasteiger partial charge on any atom is -0.481 e. The smallest absolute Gasteiger partial charge is 0.314 e. The number of carbonyl (C=O) groups excluding carboxylic acids is 1. The van der Waals surface area contributed by atoms with Gasteiger partial charge in [-0.15, -0.1) is 0 Å².